The zero-order valence-corrected chi connectivity index (χ0v) is 11.4. The van der Waals surface area contributed by atoms with E-state index in [4.69, 9.17) is 4.74 Å². The van der Waals surface area contributed by atoms with Gasteiger partial charge in [-0.25, -0.2) is 4.79 Å². The number of carbonyl (C=O) groups is 3. The molecule has 1 N–H and O–H groups in total. The molecular weight excluding hydrogens is 280 g/mol. The molecule has 0 fully saturated rings. The highest BCUT2D eigenvalue weighted by Gasteiger charge is 2.24. The lowest BCUT2D eigenvalue weighted by Crippen LogP contribution is -2.34. The van der Waals surface area contributed by atoms with Gasteiger partial charge in [0.05, 0.1) is 13.0 Å². The summed E-state index contributed by atoms with van der Waals surface area (Å²) in [4.78, 5) is 33.5. The summed E-state index contributed by atoms with van der Waals surface area (Å²) in [7, 11) is 0. The molecule has 21 heavy (non-hydrogen) atoms. The van der Waals surface area contributed by atoms with Gasteiger partial charge in [-0.3, -0.25) is 14.3 Å². The number of hydrogen-bond donors (Lipinski definition) is 1. The van der Waals surface area contributed by atoms with Gasteiger partial charge in [0.1, 0.15) is 0 Å². The van der Waals surface area contributed by atoms with E-state index in [1.807, 2.05) is 0 Å². The average Bonchev–Trinajstić information content (AvgIpc) is 2.47. The van der Waals surface area contributed by atoms with E-state index in [9.17, 15) is 19.5 Å². The lowest BCUT2D eigenvalue weighted by Gasteiger charge is -2.16. The Morgan fingerprint density at radius 1 is 1.29 bits per heavy atom. The fourth-order valence-electron chi connectivity index (χ4n) is 1.42. The standard InChI is InChI=1S/C14H16O7/c1-2-19-13(17)14(18)21-12(9-15)20-11(16)8-10-6-4-3-5-7-10/h3-7,9,12,14,18H,2,8H2,1H3. The van der Waals surface area contributed by atoms with Crippen molar-refractivity contribution in [2.24, 2.45) is 0 Å². The highest BCUT2D eigenvalue weighted by Crippen LogP contribution is 2.04. The van der Waals surface area contributed by atoms with E-state index in [2.05, 4.69) is 9.47 Å². The van der Waals surface area contributed by atoms with Gasteiger partial charge in [0, 0.05) is 0 Å². The molecule has 1 aromatic carbocycles. The number of aldehydes is 1. The first kappa shape index (κ1) is 16.8. The molecule has 0 aliphatic heterocycles. The van der Waals surface area contributed by atoms with Crippen LogP contribution in [-0.2, 0) is 35.0 Å². The van der Waals surface area contributed by atoms with E-state index >= 15 is 0 Å². The molecule has 0 bridgehead atoms. The minimum Gasteiger partial charge on any atom is -0.462 e. The minimum absolute atomic E-state index is 0.0405. The third-order valence-electron chi connectivity index (χ3n) is 2.30. The van der Waals surface area contributed by atoms with E-state index in [1.165, 1.54) is 0 Å². The van der Waals surface area contributed by atoms with Gasteiger partial charge in [0.2, 0.25) is 0 Å². The molecule has 7 nitrogen and oxygen atoms in total. The molecule has 1 rings (SSSR count). The van der Waals surface area contributed by atoms with Crippen LogP contribution in [0.5, 0.6) is 0 Å². The molecule has 0 radical (unpaired) electrons. The SMILES string of the molecule is CCOC(=O)C(O)OC(C=O)OC(=O)Cc1ccccc1. The van der Waals surface area contributed by atoms with Crippen molar-refractivity contribution in [3.63, 3.8) is 0 Å². The van der Waals surface area contributed by atoms with Crippen molar-refractivity contribution in [3.05, 3.63) is 35.9 Å². The molecule has 0 saturated heterocycles. The number of aliphatic hydroxyl groups is 1. The first-order chi connectivity index (χ1) is 10.1. The molecule has 0 amide bonds. The van der Waals surface area contributed by atoms with Crippen molar-refractivity contribution in [2.45, 2.75) is 25.9 Å². The molecule has 0 heterocycles. The lowest BCUT2D eigenvalue weighted by molar-refractivity contribution is -0.227. The number of hydrogen-bond acceptors (Lipinski definition) is 7. The van der Waals surface area contributed by atoms with Crippen molar-refractivity contribution >= 4 is 18.2 Å². The summed E-state index contributed by atoms with van der Waals surface area (Å²) in [5.41, 5.74) is 0.693. The van der Waals surface area contributed by atoms with Gasteiger partial charge < -0.3 is 14.6 Å². The maximum Gasteiger partial charge on any atom is 0.363 e. The first-order valence-electron chi connectivity index (χ1n) is 6.25. The Labute approximate surface area is 121 Å². The summed E-state index contributed by atoms with van der Waals surface area (Å²) < 4.78 is 13.8. The largest absolute Gasteiger partial charge is 0.462 e. The van der Waals surface area contributed by atoms with Crippen molar-refractivity contribution < 1.29 is 33.7 Å². The summed E-state index contributed by atoms with van der Waals surface area (Å²) in [6.07, 6.45) is -3.58. The molecule has 0 aliphatic rings. The van der Waals surface area contributed by atoms with E-state index in [0.717, 1.165) is 0 Å². The van der Waals surface area contributed by atoms with Crippen molar-refractivity contribution in [3.8, 4) is 0 Å². The molecular formula is C14H16O7. The quantitative estimate of drug-likeness (QED) is 0.415. The lowest BCUT2D eigenvalue weighted by atomic mass is 10.2. The third kappa shape index (κ3) is 6.15. The Hall–Kier alpha value is -2.25. The number of carbonyl (C=O) groups excluding carboxylic acids is 3. The molecule has 0 spiro atoms. The molecule has 0 saturated carbocycles. The zero-order valence-electron chi connectivity index (χ0n) is 11.4. The smallest absolute Gasteiger partial charge is 0.363 e. The predicted octanol–water partition coefficient (Wildman–Crippen LogP) is 0.195. The van der Waals surface area contributed by atoms with Crippen LogP contribution in [0, 0.1) is 0 Å². The van der Waals surface area contributed by atoms with Crippen molar-refractivity contribution in [1.82, 2.24) is 0 Å². The van der Waals surface area contributed by atoms with Gasteiger partial charge in [-0.05, 0) is 12.5 Å². The van der Waals surface area contributed by atoms with E-state index < -0.39 is 24.5 Å². The van der Waals surface area contributed by atoms with E-state index in [-0.39, 0.29) is 19.3 Å². The van der Waals surface area contributed by atoms with Crippen LogP contribution in [0.4, 0.5) is 0 Å². The summed E-state index contributed by atoms with van der Waals surface area (Å²) in [6.45, 7) is 1.58. The van der Waals surface area contributed by atoms with Crippen LogP contribution in [0.1, 0.15) is 12.5 Å². The van der Waals surface area contributed by atoms with Crippen LogP contribution in [0.25, 0.3) is 0 Å². The van der Waals surface area contributed by atoms with Gasteiger partial charge in [0.25, 0.3) is 12.6 Å². The zero-order chi connectivity index (χ0) is 15.7. The minimum atomic E-state index is -2.00. The molecule has 114 valence electrons. The van der Waals surface area contributed by atoms with Crippen LogP contribution < -0.4 is 0 Å². The number of esters is 2. The fourth-order valence-corrected chi connectivity index (χ4v) is 1.42. The van der Waals surface area contributed by atoms with Crippen LogP contribution >= 0.6 is 0 Å². The molecule has 2 unspecified atom stereocenters. The summed E-state index contributed by atoms with van der Waals surface area (Å²) in [5, 5.41) is 9.31. The predicted molar refractivity (Wildman–Crippen MR) is 69.8 cm³/mol. The van der Waals surface area contributed by atoms with Crippen LogP contribution in [-0.4, -0.2) is 42.5 Å². The van der Waals surface area contributed by atoms with Crippen LogP contribution in [0.2, 0.25) is 0 Å². The second kappa shape index (κ2) is 8.83. The number of ether oxygens (including phenoxy) is 3. The molecule has 0 aliphatic carbocycles. The third-order valence-corrected chi connectivity index (χ3v) is 2.30. The Morgan fingerprint density at radius 2 is 1.95 bits per heavy atom. The number of benzene rings is 1. The molecule has 1 aromatic rings. The summed E-state index contributed by atoms with van der Waals surface area (Å²) in [6, 6.07) is 8.72. The summed E-state index contributed by atoms with van der Waals surface area (Å²) >= 11 is 0. The van der Waals surface area contributed by atoms with E-state index in [1.54, 1.807) is 37.3 Å². The highest BCUT2D eigenvalue weighted by atomic mass is 16.8. The maximum absolute atomic E-state index is 11.6. The second-order valence-electron chi connectivity index (χ2n) is 3.90. The van der Waals surface area contributed by atoms with Gasteiger partial charge in [-0.2, -0.15) is 0 Å². The molecule has 7 heteroatoms. The van der Waals surface area contributed by atoms with Crippen molar-refractivity contribution in [1.29, 1.82) is 0 Å². The topological polar surface area (TPSA) is 99.1 Å². The average molecular weight is 296 g/mol. The monoisotopic (exact) mass is 296 g/mol. The second-order valence-corrected chi connectivity index (χ2v) is 3.90. The Bertz CT molecular complexity index is 471. The molecule has 0 aromatic heterocycles. The highest BCUT2D eigenvalue weighted by molar-refractivity contribution is 5.75. The Kier molecular flexibility index (Phi) is 7.06. The summed E-state index contributed by atoms with van der Waals surface area (Å²) in [5.74, 6) is -1.79. The Balaban J connectivity index is 2.48. The Morgan fingerprint density at radius 3 is 2.52 bits per heavy atom. The van der Waals surface area contributed by atoms with Gasteiger partial charge in [-0.1, -0.05) is 30.3 Å². The van der Waals surface area contributed by atoms with Gasteiger partial charge >= 0.3 is 11.9 Å². The fraction of sp³-hybridized carbons (Fsp3) is 0.357. The number of aliphatic hydroxyl groups excluding tert-OH is 1. The van der Waals surface area contributed by atoms with Gasteiger partial charge in [-0.15, -0.1) is 0 Å². The van der Waals surface area contributed by atoms with Crippen LogP contribution in [0.3, 0.4) is 0 Å². The van der Waals surface area contributed by atoms with Gasteiger partial charge in [0.15, 0.2) is 6.29 Å². The van der Waals surface area contributed by atoms with E-state index in [0.29, 0.717) is 5.56 Å². The van der Waals surface area contributed by atoms with Crippen LogP contribution in [0.15, 0.2) is 30.3 Å². The molecule has 2 atom stereocenters. The first-order valence-corrected chi connectivity index (χ1v) is 6.25. The number of rotatable bonds is 8. The maximum atomic E-state index is 11.6. The normalized spacial score (nSPS) is 13.0. The van der Waals surface area contributed by atoms with Crippen molar-refractivity contribution in [2.75, 3.05) is 6.61 Å².